The van der Waals surface area contributed by atoms with Gasteiger partial charge in [0.05, 0.1) is 6.61 Å². The molecule has 0 N–H and O–H groups in total. The van der Waals surface area contributed by atoms with E-state index in [1.54, 1.807) is 17.0 Å². The van der Waals surface area contributed by atoms with Crippen LogP contribution in [0.15, 0.2) is 54.6 Å². The average Bonchev–Trinajstić information content (AvgIpc) is 2.52. The van der Waals surface area contributed by atoms with Crippen molar-refractivity contribution >= 4 is 5.91 Å². The molecule has 1 atom stereocenters. The van der Waals surface area contributed by atoms with Gasteiger partial charge in [-0.05, 0) is 23.3 Å². The summed E-state index contributed by atoms with van der Waals surface area (Å²) in [4.78, 5) is 14.3. The maximum Gasteiger partial charge on any atom is 0.256 e. The van der Waals surface area contributed by atoms with E-state index in [1.807, 2.05) is 30.3 Å². The molecule has 0 saturated carbocycles. The predicted octanol–water partition coefficient (Wildman–Crippen LogP) is 2.93. The molecule has 4 heteroatoms. The van der Waals surface area contributed by atoms with Crippen molar-refractivity contribution in [1.29, 1.82) is 0 Å². The van der Waals surface area contributed by atoms with Crippen LogP contribution in [0.5, 0.6) is 0 Å². The molecular weight excluding hydrogens is 269 g/mol. The summed E-state index contributed by atoms with van der Waals surface area (Å²) in [6.45, 7) is 1.63. The topological polar surface area (TPSA) is 29.5 Å². The molecule has 1 fully saturated rings. The monoisotopic (exact) mass is 285 g/mol. The van der Waals surface area contributed by atoms with E-state index in [0.29, 0.717) is 25.3 Å². The number of ether oxygens (including phenoxy) is 1. The lowest BCUT2D eigenvalue weighted by molar-refractivity contribution is -0.154. The lowest BCUT2D eigenvalue weighted by Gasteiger charge is -2.32. The van der Waals surface area contributed by atoms with Crippen molar-refractivity contribution in [1.82, 2.24) is 4.90 Å². The Morgan fingerprint density at radius 2 is 1.81 bits per heavy atom. The van der Waals surface area contributed by atoms with Crippen LogP contribution in [0.3, 0.4) is 0 Å². The zero-order chi connectivity index (χ0) is 14.7. The van der Waals surface area contributed by atoms with Crippen LogP contribution in [0.1, 0.15) is 17.2 Å². The van der Waals surface area contributed by atoms with Crippen molar-refractivity contribution < 1.29 is 13.9 Å². The molecule has 21 heavy (non-hydrogen) atoms. The van der Waals surface area contributed by atoms with Gasteiger partial charge in [-0.25, -0.2) is 4.39 Å². The first-order chi connectivity index (χ1) is 10.2. The molecule has 0 aliphatic carbocycles. The predicted molar refractivity (Wildman–Crippen MR) is 77.0 cm³/mol. The van der Waals surface area contributed by atoms with Gasteiger partial charge in [-0.15, -0.1) is 0 Å². The molecule has 1 unspecified atom stereocenters. The third kappa shape index (κ3) is 3.11. The first-order valence-corrected chi connectivity index (χ1v) is 6.94. The number of halogens is 1. The average molecular weight is 285 g/mol. The van der Waals surface area contributed by atoms with Crippen LogP contribution in [0, 0.1) is 5.82 Å². The number of rotatable bonds is 3. The summed E-state index contributed by atoms with van der Waals surface area (Å²) < 4.78 is 18.5. The molecule has 0 aromatic heterocycles. The summed E-state index contributed by atoms with van der Waals surface area (Å²) >= 11 is 0. The normalized spacial score (nSPS) is 18.8. The van der Waals surface area contributed by atoms with Crippen LogP contribution >= 0.6 is 0 Å². The quantitative estimate of drug-likeness (QED) is 0.868. The zero-order valence-corrected chi connectivity index (χ0v) is 11.5. The molecule has 0 spiro atoms. The third-order valence-electron chi connectivity index (χ3n) is 3.57. The van der Waals surface area contributed by atoms with Crippen LogP contribution < -0.4 is 0 Å². The fraction of sp³-hybridized carbons (Fsp3) is 0.235. The summed E-state index contributed by atoms with van der Waals surface area (Å²) in [6, 6.07) is 15.8. The molecule has 1 amide bonds. The molecule has 0 bridgehead atoms. The number of benzene rings is 2. The van der Waals surface area contributed by atoms with Crippen molar-refractivity contribution in [2.75, 3.05) is 13.2 Å². The van der Waals surface area contributed by atoms with Gasteiger partial charge in [-0.3, -0.25) is 4.79 Å². The number of hydrogen-bond acceptors (Lipinski definition) is 2. The number of morpholine rings is 1. The Balaban J connectivity index is 1.76. The second-order valence-electron chi connectivity index (χ2n) is 5.05. The minimum absolute atomic E-state index is 0.0725. The first kappa shape index (κ1) is 13.8. The van der Waals surface area contributed by atoms with Gasteiger partial charge in [0, 0.05) is 13.1 Å². The van der Waals surface area contributed by atoms with Gasteiger partial charge in [-0.1, -0.05) is 42.5 Å². The van der Waals surface area contributed by atoms with Crippen LogP contribution in [0.25, 0.3) is 0 Å². The summed E-state index contributed by atoms with van der Waals surface area (Å²) in [7, 11) is 0. The summed E-state index contributed by atoms with van der Waals surface area (Å²) in [6.07, 6.45) is -0.636. The van der Waals surface area contributed by atoms with Crippen molar-refractivity contribution in [3.8, 4) is 0 Å². The molecule has 3 nitrogen and oxygen atoms in total. The Labute approximate surface area is 123 Å². The Morgan fingerprint density at radius 1 is 1.10 bits per heavy atom. The van der Waals surface area contributed by atoms with Gasteiger partial charge in [0.25, 0.3) is 5.91 Å². The standard InChI is InChI=1S/C17H16FNO2/c18-15-8-6-14(7-9-15)16-17(20)19(10-11-21-16)12-13-4-2-1-3-5-13/h1-9,16H,10-12H2. The number of nitrogens with zero attached hydrogens (tertiary/aromatic N) is 1. The second kappa shape index (κ2) is 6.06. The van der Waals surface area contributed by atoms with Crippen molar-refractivity contribution in [2.45, 2.75) is 12.6 Å². The third-order valence-corrected chi connectivity index (χ3v) is 3.57. The molecule has 0 radical (unpaired) electrons. The van der Waals surface area contributed by atoms with Gasteiger partial charge >= 0.3 is 0 Å². The van der Waals surface area contributed by atoms with Crippen molar-refractivity contribution in [3.63, 3.8) is 0 Å². The lowest BCUT2D eigenvalue weighted by Crippen LogP contribution is -2.42. The van der Waals surface area contributed by atoms with E-state index in [-0.39, 0.29) is 11.7 Å². The summed E-state index contributed by atoms with van der Waals surface area (Å²) in [5.41, 5.74) is 1.78. The fourth-order valence-corrected chi connectivity index (χ4v) is 2.47. The van der Waals surface area contributed by atoms with E-state index in [4.69, 9.17) is 4.74 Å². The SMILES string of the molecule is O=C1C(c2ccc(F)cc2)OCCN1Cc1ccccc1. The van der Waals surface area contributed by atoms with Crippen LogP contribution in [-0.4, -0.2) is 24.0 Å². The maximum atomic E-state index is 13.0. The number of amides is 1. The van der Waals surface area contributed by atoms with Crippen LogP contribution in [0.4, 0.5) is 4.39 Å². The highest BCUT2D eigenvalue weighted by Gasteiger charge is 2.30. The van der Waals surface area contributed by atoms with Crippen molar-refractivity contribution in [3.05, 3.63) is 71.5 Å². The van der Waals surface area contributed by atoms with Gasteiger partial charge in [-0.2, -0.15) is 0 Å². The highest BCUT2D eigenvalue weighted by Crippen LogP contribution is 2.24. The van der Waals surface area contributed by atoms with E-state index in [9.17, 15) is 9.18 Å². The second-order valence-corrected chi connectivity index (χ2v) is 5.05. The minimum Gasteiger partial charge on any atom is -0.362 e. The summed E-state index contributed by atoms with van der Waals surface area (Å²) in [5.74, 6) is -0.389. The van der Waals surface area contributed by atoms with Gasteiger partial charge in [0.1, 0.15) is 5.82 Å². The van der Waals surface area contributed by atoms with Gasteiger partial charge in [0.2, 0.25) is 0 Å². The van der Waals surface area contributed by atoms with E-state index >= 15 is 0 Å². The lowest BCUT2D eigenvalue weighted by atomic mass is 10.1. The molecule has 2 aromatic rings. The van der Waals surface area contributed by atoms with E-state index in [1.165, 1.54) is 12.1 Å². The highest BCUT2D eigenvalue weighted by atomic mass is 19.1. The molecule has 108 valence electrons. The molecule has 1 aliphatic heterocycles. The van der Waals surface area contributed by atoms with E-state index < -0.39 is 6.10 Å². The number of carbonyl (C=O) groups excluding carboxylic acids is 1. The van der Waals surface area contributed by atoms with Gasteiger partial charge in [0.15, 0.2) is 6.10 Å². The fourth-order valence-electron chi connectivity index (χ4n) is 2.47. The number of carbonyl (C=O) groups is 1. The first-order valence-electron chi connectivity index (χ1n) is 6.94. The molecular formula is C17H16FNO2. The smallest absolute Gasteiger partial charge is 0.256 e. The minimum atomic E-state index is -0.636. The van der Waals surface area contributed by atoms with Crippen molar-refractivity contribution in [2.24, 2.45) is 0 Å². The Hall–Kier alpha value is -2.20. The maximum absolute atomic E-state index is 13.0. The molecule has 1 saturated heterocycles. The van der Waals surface area contributed by atoms with Gasteiger partial charge < -0.3 is 9.64 Å². The number of hydrogen-bond donors (Lipinski definition) is 0. The van der Waals surface area contributed by atoms with Crippen LogP contribution in [-0.2, 0) is 16.1 Å². The zero-order valence-electron chi connectivity index (χ0n) is 11.5. The summed E-state index contributed by atoms with van der Waals surface area (Å²) in [5, 5.41) is 0. The largest absolute Gasteiger partial charge is 0.362 e. The highest BCUT2D eigenvalue weighted by molar-refractivity contribution is 5.83. The molecule has 3 rings (SSSR count). The van der Waals surface area contributed by atoms with Crippen LogP contribution in [0.2, 0.25) is 0 Å². The Morgan fingerprint density at radius 3 is 2.52 bits per heavy atom. The van der Waals surface area contributed by atoms with E-state index in [2.05, 4.69) is 0 Å². The molecule has 2 aromatic carbocycles. The Bertz CT molecular complexity index is 612. The molecule has 1 heterocycles. The van der Waals surface area contributed by atoms with E-state index in [0.717, 1.165) is 5.56 Å². The Kier molecular flexibility index (Phi) is 3.97. The molecule has 1 aliphatic rings.